The van der Waals surface area contributed by atoms with Gasteiger partial charge in [0, 0.05) is 17.8 Å². The van der Waals surface area contributed by atoms with Crippen molar-refractivity contribution in [2.45, 2.75) is 20.0 Å². The lowest BCUT2D eigenvalue weighted by Gasteiger charge is -2.10. The molecule has 0 saturated heterocycles. The largest absolute Gasteiger partial charge is 0.489 e. The van der Waals surface area contributed by atoms with E-state index in [9.17, 15) is 0 Å². The van der Waals surface area contributed by atoms with Crippen molar-refractivity contribution < 1.29 is 4.74 Å². The van der Waals surface area contributed by atoms with Crippen molar-refractivity contribution in [1.29, 1.82) is 0 Å². The first-order valence-electron chi connectivity index (χ1n) is 5.25. The Bertz CT molecular complexity index is 517. The third kappa shape index (κ3) is 3.14. The summed E-state index contributed by atoms with van der Waals surface area (Å²) in [6.07, 6.45) is 4.92. The summed E-state index contributed by atoms with van der Waals surface area (Å²) in [5.41, 5.74) is 1.58. The Labute approximate surface area is 105 Å². The molecule has 0 aliphatic heterocycles. The van der Waals surface area contributed by atoms with Gasteiger partial charge in [-0.25, -0.2) is 9.97 Å². The van der Waals surface area contributed by atoms with Crippen LogP contribution >= 0.6 is 11.6 Å². The lowest BCUT2D eigenvalue weighted by atomic mass is 10.2. The molecule has 0 unspecified atom stereocenters. The summed E-state index contributed by atoms with van der Waals surface area (Å²) in [5.74, 6) is 0.715. The molecule has 2 rings (SSSR count). The van der Waals surface area contributed by atoms with Crippen LogP contribution in [0.25, 0.3) is 11.3 Å². The Kier molecular flexibility index (Phi) is 3.54. The molecule has 5 heteroatoms. The molecule has 0 bridgehead atoms. The second-order valence-electron chi connectivity index (χ2n) is 3.80. The van der Waals surface area contributed by atoms with Crippen molar-refractivity contribution in [2.24, 2.45) is 0 Å². The summed E-state index contributed by atoms with van der Waals surface area (Å²) in [5, 5.41) is 0.408. The molecule has 0 aliphatic carbocycles. The van der Waals surface area contributed by atoms with E-state index in [1.54, 1.807) is 18.5 Å². The number of nitrogens with zero attached hydrogens (tertiary/aromatic N) is 3. The first-order valence-corrected chi connectivity index (χ1v) is 5.62. The molecule has 17 heavy (non-hydrogen) atoms. The van der Waals surface area contributed by atoms with Gasteiger partial charge in [0.2, 0.25) is 0 Å². The topological polar surface area (TPSA) is 47.9 Å². The molecule has 0 fully saturated rings. The number of aromatic nitrogens is 3. The summed E-state index contributed by atoms with van der Waals surface area (Å²) < 4.78 is 5.57. The van der Waals surface area contributed by atoms with Gasteiger partial charge >= 0.3 is 0 Å². The molecule has 2 aromatic rings. The van der Waals surface area contributed by atoms with Crippen molar-refractivity contribution in [3.05, 3.63) is 36.0 Å². The zero-order chi connectivity index (χ0) is 12.3. The van der Waals surface area contributed by atoms with Crippen molar-refractivity contribution in [3.8, 4) is 17.0 Å². The van der Waals surface area contributed by atoms with Crippen LogP contribution < -0.4 is 4.74 Å². The van der Waals surface area contributed by atoms with E-state index >= 15 is 0 Å². The van der Waals surface area contributed by atoms with Gasteiger partial charge in [0.1, 0.15) is 17.2 Å². The van der Waals surface area contributed by atoms with Gasteiger partial charge in [-0.15, -0.1) is 0 Å². The van der Waals surface area contributed by atoms with Crippen molar-refractivity contribution in [1.82, 2.24) is 15.0 Å². The first kappa shape index (κ1) is 11.8. The van der Waals surface area contributed by atoms with Crippen molar-refractivity contribution in [3.63, 3.8) is 0 Å². The fourth-order valence-electron chi connectivity index (χ4n) is 1.39. The standard InChI is InChI=1S/C12H12ClN3O/c1-8(2)17-10-3-9(5-14-6-10)11-4-12(13)16-7-15-11/h3-8H,1-2H3. The summed E-state index contributed by atoms with van der Waals surface area (Å²) >= 11 is 5.82. The van der Waals surface area contributed by atoms with Crippen LogP contribution in [0.3, 0.4) is 0 Å². The van der Waals surface area contributed by atoms with Crippen LogP contribution in [0.15, 0.2) is 30.9 Å². The monoisotopic (exact) mass is 249 g/mol. The van der Waals surface area contributed by atoms with Crippen LogP contribution in [0.1, 0.15) is 13.8 Å². The highest BCUT2D eigenvalue weighted by Gasteiger charge is 2.04. The Balaban J connectivity index is 2.33. The predicted molar refractivity (Wildman–Crippen MR) is 66.0 cm³/mol. The van der Waals surface area contributed by atoms with Gasteiger partial charge in [-0.1, -0.05) is 11.6 Å². The minimum atomic E-state index is 0.112. The second-order valence-corrected chi connectivity index (χ2v) is 4.19. The highest BCUT2D eigenvalue weighted by atomic mass is 35.5. The normalized spacial score (nSPS) is 10.6. The molecular formula is C12H12ClN3O. The Morgan fingerprint density at radius 2 is 2.00 bits per heavy atom. The highest BCUT2D eigenvalue weighted by molar-refractivity contribution is 6.29. The lowest BCUT2D eigenvalue weighted by molar-refractivity contribution is 0.241. The molecule has 0 radical (unpaired) electrons. The Morgan fingerprint density at radius 3 is 2.71 bits per heavy atom. The second kappa shape index (κ2) is 5.10. The zero-order valence-electron chi connectivity index (χ0n) is 9.59. The van der Waals surface area contributed by atoms with Crippen molar-refractivity contribution >= 4 is 11.6 Å². The van der Waals surface area contributed by atoms with Crippen LogP contribution in [0, 0.1) is 0 Å². The van der Waals surface area contributed by atoms with Crippen LogP contribution in [0.5, 0.6) is 5.75 Å². The summed E-state index contributed by atoms with van der Waals surface area (Å²) in [7, 11) is 0. The number of ether oxygens (including phenoxy) is 1. The number of pyridine rings is 1. The number of rotatable bonds is 3. The molecule has 88 valence electrons. The third-order valence-electron chi connectivity index (χ3n) is 2.01. The van der Waals surface area contributed by atoms with Crippen molar-refractivity contribution in [2.75, 3.05) is 0 Å². The maximum absolute atomic E-state index is 5.82. The van der Waals surface area contributed by atoms with Crippen LogP contribution in [-0.2, 0) is 0 Å². The summed E-state index contributed by atoms with van der Waals surface area (Å²) in [4.78, 5) is 12.1. The predicted octanol–water partition coefficient (Wildman–Crippen LogP) is 2.98. The number of halogens is 1. The maximum Gasteiger partial charge on any atom is 0.138 e. The molecular weight excluding hydrogens is 238 g/mol. The van der Waals surface area contributed by atoms with Gasteiger partial charge in [-0.05, 0) is 19.9 Å². The van der Waals surface area contributed by atoms with Gasteiger partial charge in [-0.3, -0.25) is 4.98 Å². The maximum atomic E-state index is 5.82. The summed E-state index contributed by atoms with van der Waals surface area (Å²) in [6.45, 7) is 3.93. The first-order chi connectivity index (χ1) is 8.15. The molecule has 0 N–H and O–H groups in total. The van der Waals surface area contributed by atoms with E-state index < -0.39 is 0 Å². The molecule has 2 aromatic heterocycles. The highest BCUT2D eigenvalue weighted by Crippen LogP contribution is 2.22. The van der Waals surface area contributed by atoms with E-state index in [4.69, 9.17) is 16.3 Å². The lowest BCUT2D eigenvalue weighted by Crippen LogP contribution is -2.05. The molecule has 2 heterocycles. The van der Waals surface area contributed by atoms with Gasteiger partial charge in [0.05, 0.1) is 18.0 Å². The smallest absolute Gasteiger partial charge is 0.138 e. The van der Waals surface area contributed by atoms with Crippen LogP contribution in [0.4, 0.5) is 0 Å². The fraction of sp³-hybridized carbons (Fsp3) is 0.250. The van der Waals surface area contributed by atoms with Gasteiger partial charge in [0.15, 0.2) is 0 Å². The summed E-state index contributed by atoms with van der Waals surface area (Å²) in [6, 6.07) is 3.57. The van der Waals surface area contributed by atoms with Crippen LogP contribution in [-0.4, -0.2) is 21.1 Å². The van der Waals surface area contributed by atoms with Gasteiger partial charge in [-0.2, -0.15) is 0 Å². The number of hydrogen-bond acceptors (Lipinski definition) is 4. The van der Waals surface area contributed by atoms with Crippen LogP contribution in [0.2, 0.25) is 5.15 Å². The fourth-order valence-corrected chi connectivity index (χ4v) is 1.53. The number of hydrogen-bond donors (Lipinski definition) is 0. The molecule has 0 spiro atoms. The molecule has 0 atom stereocenters. The Morgan fingerprint density at radius 1 is 1.18 bits per heavy atom. The third-order valence-corrected chi connectivity index (χ3v) is 2.22. The molecule has 0 aromatic carbocycles. The zero-order valence-corrected chi connectivity index (χ0v) is 10.3. The molecule has 0 saturated carbocycles. The Hall–Kier alpha value is -1.68. The minimum absolute atomic E-state index is 0.112. The van der Waals surface area contributed by atoms with E-state index in [-0.39, 0.29) is 6.10 Å². The molecule has 4 nitrogen and oxygen atoms in total. The quantitative estimate of drug-likeness (QED) is 0.785. The SMILES string of the molecule is CC(C)Oc1cncc(-c2cc(Cl)ncn2)c1. The average Bonchev–Trinajstić information content (AvgIpc) is 2.28. The average molecular weight is 250 g/mol. The van der Waals surface area contributed by atoms with E-state index in [1.807, 2.05) is 19.9 Å². The van der Waals surface area contributed by atoms with Gasteiger partial charge < -0.3 is 4.74 Å². The molecule has 0 aliphatic rings. The van der Waals surface area contributed by atoms with E-state index in [1.165, 1.54) is 6.33 Å². The molecule has 0 amide bonds. The van der Waals surface area contributed by atoms with E-state index in [0.29, 0.717) is 10.9 Å². The van der Waals surface area contributed by atoms with Gasteiger partial charge in [0.25, 0.3) is 0 Å². The van der Waals surface area contributed by atoms with E-state index in [2.05, 4.69) is 15.0 Å². The minimum Gasteiger partial charge on any atom is -0.489 e. The van der Waals surface area contributed by atoms with E-state index in [0.717, 1.165) is 11.3 Å².